The number of carbonyl (C=O) groups excluding carboxylic acids is 1. The van der Waals surface area contributed by atoms with Crippen molar-refractivity contribution in [3.05, 3.63) is 52.4 Å². The Morgan fingerprint density at radius 2 is 2.04 bits per heavy atom. The molecule has 0 atom stereocenters. The minimum Gasteiger partial charge on any atom is -0.486 e. The van der Waals surface area contributed by atoms with E-state index in [0.29, 0.717) is 16.5 Å². The fourth-order valence-electron chi connectivity index (χ4n) is 3.61. The lowest BCUT2D eigenvalue weighted by atomic mass is 10.2. The van der Waals surface area contributed by atoms with Gasteiger partial charge in [-0.15, -0.1) is 0 Å². The molecule has 1 amide bonds. The summed E-state index contributed by atoms with van der Waals surface area (Å²) in [7, 11) is 0. The third-order valence-corrected chi connectivity index (χ3v) is 5.90. The van der Waals surface area contributed by atoms with Crippen molar-refractivity contribution in [2.45, 2.75) is 32.8 Å². The van der Waals surface area contributed by atoms with E-state index in [1.165, 1.54) is 19.4 Å². The number of nitrogens with zero attached hydrogens (tertiary/aromatic N) is 2. The van der Waals surface area contributed by atoms with E-state index in [2.05, 4.69) is 4.90 Å². The van der Waals surface area contributed by atoms with Crippen LogP contribution in [0, 0.1) is 12.8 Å². The van der Waals surface area contributed by atoms with Crippen LogP contribution in [0.15, 0.2) is 34.7 Å². The third-order valence-electron chi connectivity index (χ3n) is 5.47. The fraction of sp³-hybridized carbons (Fsp3) is 0.500. The number of hydrogen-bond acceptors (Lipinski definition) is 4. The van der Waals surface area contributed by atoms with Crippen LogP contribution >= 0.6 is 11.6 Å². The zero-order valence-corrected chi connectivity index (χ0v) is 17.1. The summed E-state index contributed by atoms with van der Waals surface area (Å²) in [6, 6.07) is 9.10. The summed E-state index contributed by atoms with van der Waals surface area (Å²) in [5.74, 6) is 2.62. The number of hydrogen-bond donors (Lipinski definition) is 0. The summed E-state index contributed by atoms with van der Waals surface area (Å²) in [5, 5.41) is 0.714. The number of furan rings is 1. The van der Waals surface area contributed by atoms with E-state index in [0.717, 1.165) is 49.8 Å². The van der Waals surface area contributed by atoms with Crippen LogP contribution in [0.25, 0.3) is 0 Å². The van der Waals surface area contributed by atoms with Gasteiger partial charge < -0.3 is 19.0 Å². The lowest BCUT2D eigenvalue weighted by molar-refractivity contribution is 0.0725. The summed E-state index contributed by atoms with van der Waals surface area (Å²) < 4.78 is 11.5. The Morgan fingerprint density at radius 3 is 2.82 bits per heavy atom. The van der Waals surface area contributed by atoms with Gasteiger partial charge in [0.2, 0.25) is 0 Å². The van der Waals surface area contributed by atoms with Crippen LogP contribution < -0.4 is 4.74 Å². The molecular formula is C22H27ClN2O3. The predicted molar refractivity (Wildman–Crippen MR) is 109 cm³/mol. The van der Waals surface area contributed by atoms with Crippen LogP contribution in [-0.2, 0) is 6.61 Å². The molecule has 6 heteroatoms. The zero-order valence-electron chi connectivity index (χ0n) is 16.3. The normalized spacial score (nSPS) is 18.1. The first-order valence-electron chi connectivity index (χ1n) is 10.1. The highest BCUT2D eigenvalue weighted by atomic mass is 35.5. The molecule has 1 aliphatic heterocycles. The van der Waals surface area contributed by atoms with Gasteiger partial charge in [-0.2, -0.15) is 0 Å². The number of rotatable bonds is 6. The maximum absolute atomic E-state index is 12.8. The molecule has 0 radical (unpaired) electrons. The van der Waals surface area contributed by atoms with Gasteiger partial charge in [0.15, 0.2) is 5.76 Å². The van der Waals surface area contributed by atoms with Crippen LogP contribution in [0.3, 0.4) is 0 Å². The van der Waals surface area contributed by atoms with E-state index in [1.54, 1.807) is 6.07 Å². The van der Waals surface area contributed by atoms with Crippen molar-refractivity contribution >= 4 is 17.5 Å². The molecule has 28 heavy (non-hydrogen) atoms. The lowest BCUT2D eigenvalue weighted by Gasteiger charge is -2.21. The molecule has 5 nitrogen and oxygen atoms in total. The summed E-state index contributed by atoms with van der Waals surface area (Å²) in [6.45, 7) is 7.00. The predicted octanol–water partition coefficient (Wildman–Crippen LogP) is 4.38. The van der Waals surface area contributed by atoms with Crippen molar-refractivity contribution in [1.29, 1.82) is 0 Å². The molecule has 4 rings (SSSR count). The Bertz CT molecular complexity index is 831. The van der Waals surface area contributed by atoms with Crippen molar-refractivity contribution in [3.63, 3.8) is 0 Å². The molecule has 2 fully saturated rings. The quantitative estimate of drug-likeness (QED) is 0.719. The van der Waals surface area contributed by atoms with Gasteiger partial charge in [-0.05, 0) is 74.5 Å². The highest BCUT2D eigenvalue weighted by molar-refractivity contribution is 6.31. The minimum absolute atomic E-state index is 0.0261. The molecule has 0 unspecified atom stereocenters. The molecule has 150 valence electrons. The third kappa shape index (κ3) is 4.89. The average Bonchev–Trinajstić information content (AvgIpc) is 3.43. The Balaban J connectivity index is 1.31. The Morgan fingerprint density at radius 1 is 1.18 bits per heavy atom. The Kier molecular flexibility index (Phi) is 5.93. The summed E-state index contributed by atoms with van der Waals surface area (Å²) >= 11 is 6.04. The molecule has 2 aliphatic rings. The monoisotopic (exact) mass is 402 g/mol. The van der Waals surface area contributed by atoms with Gasteiger partial charge in [0.25, 0.3) is 5.91 Å². The molecule has 2 aromatic rings. The first-order valence-corrected chi connectivity index (χ1v) is 10.5. The first-order chi connectivity index (χ1) is 13.6. The summed E-state index contributed by atoms with van der Waals surface area (Å²) in [4.78, 5) is 17.2. The summed E-state index contributed by atoms with van der Waals surface area (Å²) in [5.41, 5.74) is 0.964. The molecule has 1 aliphatic carbocycles. The van der Waals surface area contributed by atoms with Crippen molar-refractivity contribution in [3.8, 4) is 5.75 Å². The molecule has 2 heterocycles. The van der Waals surface area contributed by atoms with E-state index in [-0.39, 0.29) is 12.5 Å². The van der Waals surface area contributed by atoms with Gasteiger partial charge in [-0.1, -0.05) is 11.6 Å². The highest BCUT2D eigenvalue weighted by Crippen LogP contribution is 2.30. The second-order valence-corrected chi connectivity index (χ2v) is 8.26. The van der Waals surface area contributed by atoms with Crippen molar-refractivity contribution in [1.82, 2.24) is 9.80 Å². The topological polar surface area (TPSA) is 45.9 Å². The zero-order chi connectivity index (χ0) is 19.5. The maximum atomic E-state index is 12.8. The smallest absolute Gasteiger partial charge is 0.289 e. The van der Waals surface area contributed by atoms with Crippen LogP contribution in [0.4, 0.5) is 0 Å². The van der Waals surface area contributed by atoms with Crippen LogP contribution in [0.1, 0.15) is 41.1 Å². The van der Waals surface area contributed by atoms with Gasteiger partial charge in [0, 0.05) is 31.2 Å². The second-order valence-electron chi connectivity index (χ2n) is 7.86. The molecule has 1 saturated carbocycles. The highest BCUT2D eigenvalue weighted by Gasteiger charge is 2.27. The molecule has 0 spiro atoms. The molecular weight excluding hydrogens is 376 g/mol. The lowest BCUT2D eigenvalue weighted by Crippen LogP contribution is -2.35. The number of carbonyl (C=O) groups is 1. The van der Waals surface area contributed by atoms with Gasteiger partial charge in [0.1, 0.15) is 18.1 Å². The van der Waals surface area contributed by atoms with Crippen LogP contribution in [0.5, 0.6) is 5.75 Å². The van der Waals surface area contributed by atoms with E-state index in [9.17, 15) is 4.79 Å². The second kappa shape index (κ2) is 8.58. The first kappa shape index (κ1) is 19.3. The molecule has 0 bridgehead atoms. The maximum Gasteiger partial charge on any atom is 0.289 e. The number of aryl methyl sites for hydroxylation is 1. The number of halogens is 1. The molecule has 0 N–H and O–H groups in total. The average molecular weight is 403 g/mol. The van der Waals surface area contributed by atoms with Gasteiger partial charge in [-0.25, -0.2) is 0 Å². The van der Waals surface area contributed by atoms with E-state index < -0.39 is 0 Å². The van der Waals surface area contributed by atoms with Crippen LogP contribution in [-0.4, -0.2) is 48.4 Å². The number of benzene rings is 1. The minimum atomic E-state index is -0.0261. The van der Waals surface area contributed by atoms with Gasteiger partial charge in [0.05, 0.1) is 0 Å². The van der Waals surface area contributed by atoms with Crippen LogP contribution in [0.2, 0.25) is 5.02 Å². The standard InChI is InChI=1S/C22H27ClN2O3/c1-16-13-18(5-7-20(16)23)27-15-19-6-8-21(28-19)22(26)25-10-2-9-24(11-12-25)14-17-3-4-17/h5-8,13,17H,2-4,9-12,14-15H2,1H3. The number of amides is 1. The molecule has 1 saturated heterocycles. The molecule has 1 aromatic heterocycles. The van der Waals surface area contributed by atoms with E-state index >= 15 is 0 Å². The van der Waals surface area contributed by atoms with Crippen molar-refractivity contribution in [2.24, 2.45) is 5.92 Å². The van der Waals surface area contributed by atoms with Crippen molar-refractivity contribution in [2.75, 3.05) is 32.7 Å². The Labute approximate surface area is 171 Å². The Hall–Kier alpha value is -1.98. The van der Waals surface area contributed by atoms with Crippen molar-refractivity contribution < 1.29 is 13.9 Å². The largest absolute Gasteiger partial charge is 0.486 e. The molecule has 1 aromatic carbocycles. The van der Waals surface area contributed by atoms with Gasteiger partial charge >= 0.3 is 0 Å². The number of ether oxygens (including phenoxy) is 1. The van der Waals surface area contributed by atoms with E-state index in [4.69, 9.17) is 20.8 Å². The summed E-state index contributed by atoms with van der Waals surface area (Å²) in [6.07, 6.45) is 3.75. The SMILES string of the molecule is Cc1cc(OCc2ccc(C(=O)N3CCCN(CC4CC4)CC3)o2)ccc1Cl. The van der Waals surface area contributed by atoms with Gasteiger partial charge in [-0.3, -0.25) is 4.79 Å². The van der Waals surface area contributed by atoms with E-state index in [1.807, 2.05) is 36.1 Å². The fourth-order valence-corrected chi connectivity index (χ4v) is 3.73.